The molecule has 0 spiro atoms. The summed E-state index contributed by atoms with van der Waals surface area (Å²) in [6.45, 7) is 13.1. The second-order valence-corrected chi connectivity index (χ2v) is 4.10. The Kier molecular flexibility index (Phi) is 6.14. The summed E-state index contributed by atoms with van der Waals surface area (Å²) < 4.78 is 0. The van der Waals surface area contributed by atoms with Gasteiger partial charge in [-0.25, -0.2) is 0 Å². The van der Waals surface area contributed by atoms with E-state index in [1.807, 2.05) is 0 Å². The van der Waals surface area contributed by atoms with Gasteiger partial charge in [0.25, 0.3) is 0 Å². The van der Waals surface area contributed by atoms with Gasteiger partial charge in [-0.15, -0.1) is 6.58 Å². The lowest BCUT2D eigenvalue weighted by molar-refractivity contribution is 0.323. The summed E-state index contributed by atoms with van der Waals surface area (Å²) in [6, 6.07) is 0. The second-order valence-electron chi connectivity index (χ2n) is 4.10. The molecule has 0 aliphatic heterocycles. The van der Waals surface area contributed by atoms with E-state index in [2.05, 4.69) is 34.3 Å². The molecule has 0 saturated carbocycles. The van der Waals surface area contributed by atoms with E-state index in [9.17, 15) is 0 Å². The molecule has 0 aromatic heterocycles. The van der Waals surface area contributed by atoms with Crippen molar-refractivity contribution in [2.24, 2.45) is 11.8 Å². The Morgan fingerprint density at radius 2 is 1.92 bits per heavy atom. The van der Waals surface area contributed by atoms with Gasteiger partial charge in [-0.2, -0.15) is 0 Å². The zero-order valence-corrected chi connectivity index (χ0v) is 9.19. The Hall–Kier alpha value is -0.260. The summed E-state index contributed by atoms with van der Waals surface area (Å²) in [5.41, 5.74) is 1.34. The molecule has 2 unspecified atom stereocenters. The van der Waals surface area contributed by atoms with Crippen LogP contribution in [-0.4, -0.2) is 0 Å². The minimum atomic E-state index is 0.863. The molecule has 0 heteroatoms. The third-order valence-electron chi connectivity index (χ3n) is 2.68. The van der Waals surface area contributed by atoms with Gasteiger partial charge in [-0.3, -0.25) is 0 Å². The first-order valence-electron chi connectivity index (χ1n) is 5.26. The highest BCUT2D eigenvalue weighted by atomic mass is 14.2. The third kappa shape index (κ3) is 4.58. The van der Waals surface area contributed by atoms with Crippen LogP contribution < -0.4 is 0 Å². The lowest BCUT2D eigenvalue weighted by Crippen LogP contribution is -2.10. The second kappa shape index (κ2) is 6.28. The van der Waals surface area contributed by atoms with E-state index in [0.29, 0.717) is 0 Å². The van der Waals surface area contributed by atoms with Crippen LogP contribution in [0.4, 0.5) is 0 Å². The van der Waals surface area contributed by atoms with Crippen molar-refractivity contribution in [3.05, 3.63) is 12.2 Å². The van der Waals surface area contributed by atoms with Crippen LogP contribution in [0.25, 0.3) is 0 Å². The summed E-state index contributed by atoms with van der Waals surface area (Å²) in [5.74, 6) is 1.74. The van der Waals surface area contributed by atoms with Gasteiger partial charge >= 0.3 is 0 Å². The van der Waals surface area contributed by atoms with Crippen molar-refractivity contribution >= 4 is 0 Å². The molecule has 0 aromatic rings. The van der Waals surface area contributed by atoms with E-state index < -0.39 is 0 Å². The normalized spacial score (nSPS) is 15.7. The molecule has 12 heavy (non-hydrogen) atoms. The molecule has 0 nitrogen and oxygen atoms in total. The molecule has 72 valence electrons. The van der Waals surface area contributed by atoms with E-state index in [-0.39, 0.29) is 0 Å². The number of rotatable bonds is 6. The van der Waals surface area contributed by atoms with Gasteiger partial charge in [0.1, 0.15) is 0 Å². The average molecular weight is 168 g/mol. The van der Waals surface area contributed by atoms with Crippen molar-refractivity contribution in [2.75, 3.05) is 0 Å². The molecule has 0 aliphatic carbocycles. The summed E-state index contributed by atoms with van der Waals surface area (Å²) in [6.07, 6.45) is 5.20. The predicted octanol–water partition coefficient (Wildman–Crippen LogP) is 4.42. The fourth-order valence-corrected chi connectivity index (χ4v) is 1.89. The van der Waals surface area contributed by atoms with Gasteiger partial charge in [0.2, 0.25) is 0 Å². The summed E-state index contributed by atoms with van der Waals surface area (Å²) in [7, 11) is 0. The maximum absolute atomic E-state index is 3.99. The number of hydrogen-bond acceptors (Lipinski definition) is 0. The topological polar surface area (TPSA) is 0 Å². The average Bonchev–Trinajstić information content (AvgIpc) is 2.00. The van der Waals surface area contributed by atoms with Gasteiger partial charge in [-0.1, -0.05) is 45.6 Å². The van der Waals surface area contributed by atoms with Crippen LogP contribution in [0.15, 0.2) is 12.2 Å². The van der Waals surface area contributed by atoms with Gasteiger partial charge in [0, 0.05) is 0 Å². The molecule has 0 bridgehead atoms. The van der Waals surface area contributed by atoms with Gasteiger partial charge in [0.05, 0.1) is 0 Å². The molecule has 0 aliphatic rings. The van der Waals surface area contributed by atoms with Crippen LogP contribution in [-0.2, 0) is 0 Å². The predicted molar refractivity (Wildman–Crippen MR) is 57.3 cm³/mol. The van der Waals surface area contributed by atoms with Crippen molar-refractivity contribution in [1.82, 2.24) is 0 Å². The molecule has 0 N–H and O–H groups in total. The molecule has 2 atom stereocenters. The molecule has 0 aromatic carbocycles. The van der Waals surface area contributed by atoms with Crippen LogP contribution in [0.1, 0.15) is 53.4 Å². The van der Waals surface area contributed by atoms with Gasteiger partial charge < -0.3 is 0 Å². The van der Waals surface area contributed by atoms with E-state index in [1.165, 1.54) is 31.3 Å². The smallest absolute Gasteiger partial charge is 0.0295 e. The Balaban J connectivity index is 3.86. The van der Waals surface area contributed by atoms with Crippen LogP contribution in [0, 0.1) is 11.8 Å². The maximum atomic E-state index is 3.99. The van der Waals surface area contributed by atoms with E-state index in [1.54, 1.807) is 0 Å². The van der Waals surface area contributed by atoms with Crippen molar-refractivity contribution < 1.29 is 0 Å². The first-order valence-corrected chi connectivity index (χ1v) is 5.26. The molecule has 0 radical (unpaired) electrons. The monoisotopic (exact) mass is 168 g/mol. The summed E-state index contributed by atoms with van der Waals surface area (Å²) in [5, 5.41) is 0. The zero-order chi connectivity index (χ0) is 9.56. The highest BCUT2D eigenvalue weighted by Crippen LogP contribution is 2.25. The quantitative estimate of drug-likeness (QED) is 0.515. The van der Waals surface area contributed by atoms with Crippen molar-refractivity contribution in [2.45, 2.75) is 53.4 Å². The van der Waals surface area contributed by atoms with Gasteiger partial charge in [-0.05, 0) is 25.2 Å². The standard InChI is InChI=1S/C12H24/c1-6-8-11(5)12(7-2)9-10(3)4/h11-12H,3,6-9H2,1-2,4-5H3. The summed E-state index contributed by atoms with van der Waals surface area (Å²) >= 11 is 0. The number of allylic oxidation sites excluding steroid dienone is 1. The van der Waals surface area contributed by atoms with E-state index in [0.717, 1.165) is 11.8 Å². The Labute approximate surface area is 78.1 Å². The van der Waals surface area contributed by atoms with Gasteiger partial charge in [0.15, 0.2) is 0 Å². The highest BCUT2D eigenvalue weighted by Gasteiger charge is 2.13. The van der Waals surface area contributed by atoms with Crippen LogP contribution in [0.3, 0.4) is 0 Å². The van der Waals surface area contributed by atoms with Crippen LogP contribution in [0.5, 0.6) is 0 Å². The first-order chi connectivity index (χ1) is 5.61. The first kappa shape index (κ1) is 11.7. The lowest BCUT2D eigenvalue weighted by atomic mass is 9.84. The molecule has 0 fully saturated rings. The SMILES string of the molecule is C=C(C)CC(CC)C(C)CCC. The largest absolute Gasteiger partial charge is 0.100 e. The lowest BCUT2D eigenvalue weighted by Gasteiger charge is -2.22. The van der Waals surface area contributed by atoms with E-state index in [4.69, 9.17) is 0 Å². The molecular weight excluding hydrogens is 144 g/mol. The minimum Gasteiger partial charge on any atom is -0.100 e. The van der Waals surface area contributed by atoms with E-state index >= 15 is 0 Å². The Morgan fingerprint density at radius 1 is 1.33 bits per heavy atom. The van der Waals surface area contributed by atoms with Crippen molar-refractivity contribution in [3.8, 4) is 0 Å². The molecule has 0 rings (SSSR count). The van der Waals surface area contributed by atoms with Crippen LogP contribution >= 0.6 is 0 Å². The van der Waals surface area contributed by atoms with Crippen LogP contribution in [0.2, 0.25) is 0 Å². The Morgan fingerprint density at radius 3 is 2.25 bits per heavy atom. The van der Waals surface area contributed by atoms with Crippen molar-refractivity contribution in [3.63, 3.8) is 0 Å². The fourth-order valence-electron chi connectivity index (χ4n) is 1.89. The zero-order valence-electron chi connectivity index (χ0n) is 9.19. The Bertz CT molecular complexity index is 124. The molecule has 0 amide bonds. The molecule has 0 heterocycles. The van der Waals surface area contributed by atoms with Crippen molar-refractivity contribution in [1.29, 1.82) is 0 Å². The molecule has 0 saturated heterocycles. The summed E-state index contributed by atoms with van der Waals surface area (Å²) in [4.78, 5) is 0. The number of hydrogen-bond donors (Lipinski definition) is 0. The fraction of sp³-hybridized carbons (Fsp3) is 0.833. The highest BCUT2D eigenvalue weighted by molar-refractivity contribution is 4.91. The third-order valence-corrected chi connectivity index (χ3v) is 2.68. The minimum absolute atomic E-state index is 0.863. The molecular formula is C12H24. The maximum Gasteiger partial charge on any atom is -0.0295 e.